The van der Waals surface area contributed by atoms with Crippen molar-refractivity contribution in [2.45, 2.75) is 25.9 Å². The third-order valence-corrected chi connectivity index (χ3v) is 13.4. The predicted octanol–water partition coefficient (Wildman–Crippen LogP) is 12.8. The molecule has 0 saturated heterocycles. The zero-order valence-electron chi connectivity index (χ0n) is 26.9. The zero-order chi connectivity index (χ0) is 32.5. The van der Waals surface area contributed by atoms with Gasteiger partial charge in [0.1, 0.15) is 0 Å². The summed E-state index contributed by atoms with van der Waals surface area (Å²) in [6, 6.07) is 51.7. The van der Waals surface area contributed by atoms with Crippen LogP contribution in [0.4, 0.5) is 0 Å². The molecule has 7 aromatic carbocycles. The lowest BCUT2D eigenvalue weighted by molar-refractivity contribution is 0.885. The number of aromatic nitrogens is 2. The number of fused-ring (bicyclic) bond motifs is 12. The third kappa shape index (κ3) is 3.62. The highest BCUT2D eigenvalue weighted by molar-refractivity contribution is 8.00. The molecule has 0 spiro atoms. The first-order valence-electron chi connectivity index (χ1n) is 17.3. The van der Waals surface area contributed by atoms with E-state index < -0.39 is 0 Å². The van der Waals surface area contributed by atoms with Crippen LogP contribution in [0.3, 0.4) is 0 Å². The van der Waals surface area contributed by atoms with E-state index in [1.807, 2.05) is 23.5 Å². The molecule has 0 bridgehead atoms. The van der Waals surface area contributed by atoms with E-state index in [0.29, 0.717) is 11.2 Å². The standard InChI is InChI=1S/C46H28N2S2/c1-5-15-37-29(10-1)30-11-2-6-16-38(30)47(37)27-20-22-33-36-26-44-45(35-14-9-19-41(46(35)36)49-42(33)24-27)34-23-21-28(25-43(34)50-44)48-39-17-7-3-12-31(39)32-13-4-8-18-40(32)48/h1-26,34,43H. The Morgan fingerprint density at radius 2 is 1.08 bits per heavy atom. The summed E-state index contributed by atoms with van der Waals surface area (Å²) in [5.41, 5.74) is 11.7. The van der Waals surface area contributed by atoms with Crippen molar-refractivity contribution >= 4 is 83.6 Å². The van der Waals surface area contributed by atoms with Crippen LogP contribution in [0.25, 0.3) is 76.9 Å². The van der Waals surface area contributed by atoms with Crippen LogP contribution in [-0.2, 0) is 0 Å². The minimum atomic E-state index is 0.345. The van der Waals surface area contributed by atoms with Gasteiger partial charge in [-0.15, -0.1) is 11.8 Å². The summed E-state index contributed by atoms with van der Waals surface area (Å²) in [6.45, 7) is 0. The molecule has 4 heteroatoms. The van der Waals surface area contributed by atoms with Crippen LogP contribution < -0.4 is 0 Å². The van der Waals surface area contributed by atoms with Gasteiger partial charge in [0.05, 0.1) is 22.1 Å². The van der Waals surface area contributed by atoms with Gasteiger partial charge in [-0.1, -0.05) is 109 Å². The highest BCUT2D eigenvalue weighted by Crippen LogP contribution is 2.57. The fourth-order valence-electron chi connectivity index (χ4n) is 8.97. The lowest BCUT2D eigenvalue weighted by Gasteiger charge is -2.24. The molecule has 0 saturated carbocycles. The van der Waals surface area contributed by atoms with Crippen LogP contribution in [0.1, 0.15) is 11.5 Å². The highest BCUT2D eigenvalue weighted by atomic mass is 32.2. The van der Waals surface area contributed by atoms with Gasteiger partial charge < -0.3 is 9.13 Å². The Bertz CT molecular complexity index is 2900. The molecular weight excluding hydrogens is 645 g/mol. The van der Waals surface area contributed by atoms with Crippen LogP contribution in [-0.4, -0.2) is 14.4 Å². The van der Waals surface area contributed by atoms with Gasteiger partial charge in [0.2, 0.25) is 0 Å². The molecule has 4 heterocycles. The number of hydrogen-bond acceptors (Lipinski definition) is 2. The maximum Gasteiger partial charge on any atom is 0.0541 e. The van der Waals surface area contributed by atoms with E-state index in [4.69, 9.17) is 0 Å². The van der Waals surface area contributed by atoms with E-state index in [-0.39, 0.29) is 0 Å². The largest absolute Gasteiger partial charge is 0.310 e. The smallest absolute Gasteiger partial charge is 0.0541 e. The van der Waals surface area contributed by atoms with E-state index in [1.165, 1.54) is 97.1 Å². The molecule has 2 aromatic heterocycles. The van der Waals surface area contributed by atoms with E-state index >= 15 is 0 Å². The molecule has 0 radical (unpaired) electrons. The molecule has 3 aliphatic rings. The zero-order valence-corrected chi connectivity index (χ0v) is 28.5. The minimum absolute atomic E-state index is 0.345. The number of para-hydroxylation sites is 4. The Morgan fingerprint density at radius 1 is 0.480 bits per heavy atom. The maximum atomic E-state index is 2.52. The predicted molar refractivity (Wildman–Crippen MR) is 213 cm³/mol. The summed E-state index contributed by atoms with van der Waals surface area (Å²) in [7, 11) is 0. The summed E-state index contributed by atoms with van der Waals surface area (Å²) in [5, 5.41) is 8.35. The van der Waals surface area contributed by atoms with E-state index in [1.54, 1.807) is 0 Å². The molecule has 9 aromatic rings. The van der Waals surface area contributed by atoms with Crippen LogP contribution in [0.15, 0.2) is 172 Å². The molecule has 2 nitrogen and oxygen atoms in total. The number of allylic oxidation sites excluding steroid dienone is 3. The second-order valence-corrected chi connectivity index (χ2v) is 15.9. The second-order valence-electron chi connectivity index (χ2n) is 13.6. The van der Waals surface area contributed by atoms with Gasteiger partial charge in [0.15, 0.2) is 0 Å². The lowest BCUT2D eigenvalue weighted by atomic mass is 9.85. The number of benzene rings is 7. The van der Waals surface area contributed by atoms with Crippen molar-refractivity contribution < 1.29 is 0 Å². The monoisotopic (exact) mass is 672 g/mol. The summed E-state index contributed by atoms with van der Waals surface area (Å²) in [6.07, 6.45) is 7.36. The molecule has 0 amide bonds. The summed E-state index contributed by atoms with van der Waals surface area (Å²) in [4.78, 5) is 4.08. The molecule has 0 fully saturated rings. The molecule has 0 N–H and O–H groups in total. The van der Waals surface area contributed by atoms with Crippen LogP contribution >= 0.6 is 23.5 Å². The Hall–Kier alpha value is -5.42. The second kappa shape index (κ2) is 10.1. The summed E-state index contributed by atoms with van der Waals surface area (Å²) < 4.78 is 4.89. The number of nitrogens with zero attached hydrogens (tertiary/aromatic N) is 2. The first-order chi connectivity index (χ1) is 24.8. The average Bonchev–Trinajstić information content (AvgIpc) is 3.82. The molecule has 50 heavy (non-hydrogen) atoms. The van der Waals surface area contributed by atoms with Crippen molar-refractivity contribution in [3.8, 4) is 16.8 Å². The highest BCUT2D eigenvalue weighted by Gasteiger charge is 2.36. The van der Waals surface area contributed by atoms with Crippen molar-refractivity contribution in [3.05, 3.63) is 163 Å². The molecule has 2 aliphatic heterocycles. The van der Waals surface area contributed by atoms with Crippen molar-refractivity contribution in [1.29, 1.82) is 0 Å². The Morgan fingerprint density at radius 3 is 1.74 bits per heavy atom. The van der Waals surface area contributed by atoms with Crippen LogP contribution in [0, 0.1) is 0 Å². The van der Waals surface area contributed by atoms with Gasteiger partial charge in [-0.3, -0.25) is 0 Å². The normalized spacial score (nSPS) is 17.5. The minimum Gasteiger partial charge on any atom is -0.310 e. The molecular formula is C46H28N2S2. The topological polar surface area (TPSA) is 9.86 Å². The van der Waals surface area contributed by atoms with Gasteiger partial charge in [-0.05, 0) is 82.8 Å². The first-order valence-corrected chi connectivity index (χ1v) is 19.0. The average molecular weight is 673 g/mol. The summed E-state index contributed by atoms with van der Waals surface area (Å²) >= 11 is 3.95. The molecule has 2 atom stereocenters. The lowest BCUT2D eigenvalue weighted by Crippen LogP contribution is -2.11. The molecule has 12 rings (SSSR count). The van der Waals surface area contributed by atoms with Crippen LogP contribution in [0.5, 0.6) is 0 Å². The number of thioether (sulfide) groups is 1. The Kier molecular flexibility index (Phi) is 5.52. The van der Waals surface area contributed by atoms with Crippen molar-refractivity contribution in [1.82, 2.24) is 9.13 Å². The Labute approximate surface area is 297 Å². The summed E-state index contributed by atoms with van der Waals surface area (Å²) in [5.74, 6) is 0.347. The molecule has 1 aliphatic carbocycles. The van der Waals surface area contributed by atoms with Gasteiger partial charge in [-0.25, -0.2) is 0 Å². The SMILES string of the molecule is C1=CC2c3c(cc4c5c(cccc35)Sc3cc(-n5c6ccccc6c6ccccc65)ccc3-4)SC2C=C1n1c2ccccc2c2ccccc21. The molecule has 2 unspecified atom stereocenters. The van der Waals surface area contributed by atoms with E-state index in [9.17, 15) is 0 Å². The van der Waals surface area contributed by atoms with Crippen molar-refractivity contribution in [2.75, 3.05) is 0 Å². The number of hydrogen-bond donors (Lipinski definition) is 0. The van der Waals surface area contributed by atoms with Gasteiger partial charge in [0, 0.05) is 64.2 Å². The van der Waals surface area contributed by atoms with Gasteiger partial charge in [-0.2, -0.15) is 0 Å². The van der Waals surface area contributed by atoms with E-state index in [2.05, 4.69) is 167 Å². The first kappa shape index (κ1) is 27.4. The maximum absolute atomic E-state index is 2.52. The van der Waals surface area contributed by atoms with E-state index in [0.717, 1.165) is 0 Å². The number of rotatable bonds is 2. The fraction of sp³-hybridized carbons (Fsp3) is 0.0435. The molecule has 234 valence electrons. The van der Waals surface area contributed by atoms with Crippen LogP contribution in [0.2, 0.25) is 0 Å². The van der Waals surface area contributed by atoms with Gasteiger partial charge >= 0.3 is 0 Å². The Balaban J connectivity index is 0.996. The quantitative estimate of drug-likeness (QED) is 0.181. The fourth-order valence-corrected chi connectivity index (χ4v) is 11.6. The third-order valence-electron chi connectivity index (χ3n) is 11.0. The van der Waals surface area contributed by atoms with Crippen molar-refractivity contribution in [3.63, 3.8) is 0 Å². The van der Waals surface area contributed by atoms with Crippen molar-refractivity contribution in [2.24, 2.45) is 0 Å². The van der Waals surface area contributed by atoms with Gasteiger partial charge in [0.25, 0.3) is 0 Å².